The molecule has 5 rings (SSSR count). The molecule has 5 aliphatic carbocycles. The van der Waals surface area contributed by atoms with Gasteiger partial charge in [-0.15, -0.1) is 0 Å². The molecule has 0 aromatic carbocycles. The molecule has 1 nitrogen and oxygen atoms in total. The zero-order valence-electron chi connectivity index (χ0n) is 35.2. The minimum absolute atomic E-state index is 0.0470. The van der Waals surface area contributed by atoms with Crippen molar-refractivity contribution in [1.82, 2.24) is 0 Å². The fraction of sp³-hybridized carbons (Fsp3) is 1.00. The van der Waals surface area contributed by atoms with Crippen molar-refractivity contribution >= 4 is 22.6 Å². The summed E-state index contributed by atoms with van der Waals surface area (Å²) in [6.07, 6.45) is 63.9. The van der Waals surface area contributed by atoms with Gasteiger partial charge in [-0.3, -0.25) is 0 Å². The van der Waals surface area contributed by atoms with E-state index in [1.807, 2.05) is 0 Å². The Morgan fingerprint density at radius 1 is 0.365 bits per heavy atom. The average molecular weight is 834 g/mol. The number of rotatable bonds is 3. The lowest BCUT2D eigenvalue weighted by molar-refractivity contribution is -0.187. The Morgan fingerprint density at radius 3 is 1.12 bits per heavy atom. The van der Waals surface area contributed by atoms with E-state index in [1.165, 1.54) is 281 Å². The van der Waals surface area contributed by atoms with Crippen LogP contribution in [0.1, 0.15) is 276 Å². The van der Waals surface area contributed by atoms with Crippen molar-refractivity contribution in [2.24, 2.45) is 33.8 Å². The molecule has 0 saturated heterocycles. The van der Waals surface area contributed by atoms with Crippen molar-refractivity contribution in [2.75, 3.05) is 4.43 Å². The maximum atomic E-state index is 8.50. The molecule has 0 spiro atoms. The van der Waals surface area contributed by atoms with Gasteiger partial charge in [0.1, 0.15) is 0 Å². The molecule has 4 unspecified atom stereocenters. The largest absolute Gasteiger partial charge is 0.325 e. The Balaban J connectivity index is 1.59. The van der Waals surface area contributed by atoms with Crippen molar-refractivity contribution in [3.8, 4) is 0 Å². The van der Waals surface area contributed by atoms with E-state index in [4.69, 9.17) is 5.73 Å². The Kier molecular flexibility index (Phi) is 20.1. The van der Waals surface area contributed by atoms with E-state index in [1.54, 1.807) is 0 Å². The maximum absolute atomic E-state index is 8.50. The SMILES string of the molecule is NC12CCCC(CI)(C1)C1CCCCCCCCCCCCCC2(C2(C3CCCCCCCCCC3)CCCCCCCCCCCCCCC2)C1. The van der Waals surface area contributed by atoms with Gasteiger partial charge in [0.15, 0.2) is 0 Å². The predicted molar refractivity (Wildman–Crippen MR) is 239 cm³/mol. The highest BCUT2D eigenvalue weighted by atomic mass is 127. The Hall–Kier alpha value is 0.690. The molecular weight excluding hydrogens is 741 g/mol. The number of hydrogen-bond acceptors (Lipinski definition) is 1. The standard InChI is InChI=1S/C50H92IN/c51-44-47-37-33-41-50(52,43-47)49(40-32-26-20-14-8-4-5-9-17-23-29-36-46(47)42-49)48(45-34-27-21-15-10-11-16-22-28-35-45)38-30-24-18-12-6-2-1-3-7-13-19-25-31-39-48/h45-46H,1-44,52H2. The van der Waals surface area contributed by atoms with Crippen LogP contribution in [0.2, 0.25) is 0 Å². The third-order valence-electron chi connectivity index (χ3n) is 17.1. The molecule has 2 N–H and O–H groups in total. The molecule has 304 valence electrons. The highest BCUT2D eigenvalue weighted by molar-refractivity contribution is 14.1. The van der Waals surface area contributed by atoms with Crippen molar-refractivity contribution in [1.29, 1.82) is 0 Å². The summed E-state index contributed by atoms with van der Waals surface area (Å²) in [5, 5.41) is 0. The highest BCUT2D eigenvalue weighted by Gasteiger charge is 2.68. The molecule has 0 amide bonds. The van der Waals surface area contributed by atoms with Gasteiger partial charge in [0.05, 0.1) is 0 Å². The Morgan fingerprint density at radius 2 is 0.712 bits per heavy atom. The molecule has 0 radical (unpaired) electrons. The van der Waals surface area contributed by atoms with Gasteiger partial charge in [0, 0.05) is 9.97 Å². The van der Waals surface area contributed by atoms with Crippen LogP contribution in [0.4, 0.5) is 0 Å². The van der Waals surface area contributed by atoms with Crippen LogP contribution in [0, 0.1) is 28.1 Å². The van der Waals surface area contributed by atoms with Crippen molar-refractivity contribution in [3.63, 3.8) is 0 Å². The lowest BCUT2D eigenvalue weighted by Gasteiger charge is -2.71. The van der Waals surface area contributed by atoms with E-state index in [0.717, 1.165) is 11.8 Å². The molecule has 0 aliphatic heterocycles. The van der Waals surface area contributed by atoms with E-state index in [-0.39, 0.29) is 5.54 Å². The zero-order chi connectivity index (χ0) is 36.3. The monoisotopic (exact) mass is 834 g/mol. The minimum Gasteiger partial charge on any atom is -0.325 e. The molecule has 0 heterocycles. The lowest BCUT2D eigenvalue weighted by atomic mass is 9.35. The molecular formula is C50H92IN. The van der Waals surface area contributed by atoms with Crippen molar-refractivity contribution < 1.29 is 0 Å². The van der Waals surface area contributed by atoms with Crippen LogP contribution in [0.15, 0.2) is 0 Å². The fourth-order valence-corrected chi connectivity index (χ4v) is 15.5. The summed E-state index contributed by atoms with van der Waals surface area (Å²) >= 11 is 2.87. The third kappa shape index (κ3) is 11.9. The first-order valence-electron chi connectivity index (χ1n) is 24.9. The van der Waals surface area contributed by atoms with E-state index in [2.05, 4.69) is 22.6 Å². The van der Waals surface area contributed by atoms with Gasteiger partial charge in [0.25, 0.3) is 0 Å². The van der Waals surface area contributed by atoms with Crippen molar-refractivity contribution in [2.45, 2.75) is 282 Å². The third-order valence-corrected chi connectivity index (χ3v) is 18.7. The minimum atomic E-state index is 0.0470. The smallest absolute Gasteiger partial charge is 0.0222 e. The van der Waals surface area contributed by atoms with Gasteiger partial charge in [-0.25, -0.2) is 0 Å². The van der Waals surface area contributed by atoms with E-state index in [9.17, 15) is 0 Å². The van der Waals surface area contributed by atoms with Crippen LogP contribution in [0.5, 0.6) is 0 Å². The van der Waals surface area contributed by atoms with Gasteiger partial charge < -0.3 is 5.73 Å². The summed E-state index contributed by atoms with van der Waals surface area (Å²) in [4.78, 5) is 0. The van der Waals surface area contributed by atoms with Crippen LogP contribution in [0.25, 0.3) is 0 Å². The number of hydrogen-bond donors (Lipinski definition) is 1. The normalized spacial score (nSPS) is 36.2. The zero-order valence-corrected chi connectivity index (χ0v) is 37.4. The van der Waals surface area contributed by atoms with E-state index in [0.29, 0.717) is 16.2 Å². The molecule has 2 heteroatoms. The summed E-state index contributed by atoms with van der Waals surface area (Å²) in [5.74, 6) is 1.82. The molecule has 5 fully saturated rings. The maximum Gasteiger partial charge on any atom is 0.0222 e. The van der Waals surface area contributed by atoms with Gasteiger partial charge in [-0.2, -0.15) is 0 Å². The van der Waals surface area contributed by atoms with Crippen LogP contribution in [-0.2, 0) is 0 Å². The van der Waals surface area contributed by atoms with Crippen LogP contribution in [-0.4, -0.2) is 9.97 Å². The first-order valence-corrected chi connectivity index (χ1v) is 26.5. The quantitative estimate of drug-likeness (QED) is 0.222. The molecule has 5 aliphatic rings. The summed E-state index contributed by atoms with van der Waals surface area (Å²) in [6, 6.07) is 0. The number of fused-ring (bicyclic) bond motifs is 6. The second kappa shape index (κ2) is 23.8. The van der Waals surface area contributed by atoms with Gasteiger partial charge in [-0.05, 0) is 92.3 Å². The van der Waals surface area contributed by atoms with Crippen LogP contribution in [0.3, 0.4) is 0 Å². The molecule has 4 bridgehead atoms. The first kappa shape index (κ1) is 43.8. The van der Waals surface area contributed by atoms with Crippen LogP contribution >= 0.6 is 22.6 Å². The number of halogens is 1. The first-order chi connectivity index (χ1) is 25.6. The Labute approximate surface area is 340 Å². The second-order valence-electron chi connectivity index (χ2n) is 20.4. The average Bonchev–Trinajstić information content (AvgIpc) is 3.21. The molecule has 0 aromatic heterocycles. The highest BCUT2D eigenvalue weighted by Crippen LogP contribution is 2.72. The molecule has 5 saturated carbocycles. The van der Waals surface area contributed by atoms with Crippen LogP contribution < -0.4 is 5.73 Å². The summed E-state index contributed by atoms with van der Waals surface area (Å²) in [5.41, 5.74) is 9.85. The molecule has 0 aromatic rings. The topological polar surface area (TPSA) is 26.0 Å². The predicted octanol–water partition coefficient (Wildman–Crippen LogP) is 17.2. The van der Waals surface area contributed by atoms with Gasteiger partial charge in [-0.1, -0.05) is 234 Å². The second-order valence-corrected chi connectivity index (χ2v) is 21.2. The molecule has 52 heavy (non-hydrogen) atoms. The summed E-state index contributed by atoms with van der Waals surface area (Å²) in [6.45, 7) is 0. The van der Waals surface area contributed by atoms with Gasteiger partial charge in [0.2, 0.25) is 0 Å². The summed E-state index contributed by atoms with van der Waals surface area (Å²) < 4.78 is 1.36. The van der Waals surface area contributed by atoms with Gasteiger partial charge >= 0.3 is 0 Å². The fourth-order valence-electron chi connectivity index (χ4n) is 14.3. The summed E-state index contributed by atoms with van der Waals surface area (Å²) in [7, 11) is 0. The Bertz CT molecular complexity index is 903. The lowest BCUT2D eigenvalue weighted by Crippen LogP contribution is -2.72. The molecule has 4 atom stereocenters. The number of alkyl halides is 1. The van der Waals surface area contributed by atoms with E-state index >= 15 is 0 Å². The number of nitrogens with two attached hydrogens (primary N) is 1. The van der Waals surface area contributed by atoms with Crippen molar-refractivity contribution in [3.05, 3.63) is 0 Å². The van der Waals surface area contributed by atoms with E-state index < -0.39 is 0 Å².